The van der Waals surface area contributed by atoms with E-state index >= 15 is 0 Å². The molecule has 1 aliphatic carbocycles. The van der Waals surface area contributed by atoms with Crippen LogP contribution >= 0.6 is 34.2 Å². The third-order valence-electron chi connectivity index (χ3n) is 4.64. The number of hydrogen-bond acceptors (Lipinski definition) is 6. The topological polar surface area (TPSA) is 118 Å². The van der Waals surface area contributed by atoms with E-state index in [0.29, 0.717) is 31.3 Å². The molecule has 11 heteroatoms. The second kappa shape index (κ2) is 11.3. The van der Waals surface area contributed by atoms with E-state index in [9.17, 15) is 14.4 Å². The first-order chi connectivity index (χ1) is 15.8. The van der Waals surface area contributed by atoms with Crippen molar-refractivity contribution in [1.29, 1.82) is 0 Å². The van der Waals surface area contributed by atoms with Crippen molar-refractivity contribution >= 4 is 63.8 Å². The Hall–Kier alpha value is -2.86. The van der Waals surface area contributed by atoms with Gasteiger partial charge in [-0.2, -0.15) is 5.10 Å². The first-order valence-electron chi connectivity index (χ1n) is 9.97. The molecule has 9 nitrogen and oxygen atoms in total. The van der Waals surface area contributed by atoms with Gasteiger partial charge in [0.25, 0.3) is 5.91 Å². The van der Waals surface area contributed by atoms with Crippen molar-refractivity contribution < 1.29 is 23.9 Å². The average Bonchev–Trinajstić information content (AvgIpc) is 3.59. The minimum Gasteiger partial charge on any atom is -0.493 e. The van der Waals surface area contributed by atoms with Crippen molar-refractivity contribution in [2.75, 3.05) is 19.0 Å². The van der Waals surface area contributed by atoms with Crippen LogP contribution in [0.4, 0.5) is 5.69 Å². The largest absolute Gasteiger partial charge is 0.493 e. The van der Waals surface area contributed by atoms with E-state index in [1.54, 1.807) is 30.3 Å². The van der Waals surface area contributed by atoms with Crippen molar-refractivity contribution in [2.24, 2.45) is 5.10 Å². The first-order valence-corrected chi connectivity index (χ1v) is 11.4. The number of anilines is 1. The molecular weight excluding hydrogens is 563 g/mol. The van der Waals surface area contributed by atoms with Crippen molar-refractivity contribution in [3.63, 3.8) is 0 Å². The molecule has 0 bridgehead atoms. The van der Waals surface area contributed by atoms with E-state index in [4.69, 9.17) is 21.1 Å². The van der Waals surface area contributed by atoms with Crippen LogP contribution in [0, 0.1) is 10.5 Å². The molecule has 0 unspecified atom stereocenters. The number of carbonyl (C=O) groups excluding carboxylic acids is 3. The number of carbonyl (C=O) groups is 3. The normalized spacial score (nSPS) is 12.8. The zero-order valence-corrected chi connectivity index (χ0v) is 20.8. The predicted molar refractivity (Wildman–Crippen MR) is 133 cm³/mol. The number of ether oxygens (including phenoxy) is 2. The van der Waals surface area contributed by atoms with E-state index in [0.717, 1.165) is 18.4 Å². The van der Waals surface area contributed by atoms with Gasteiger partial charge in [-0.3, -0.25) is 14.4 Å². The maximum absolute atomic E-state index is 12.3. The summed E-state index contributed by atoms with van der Waals surface area (Å²) < 4.78 is 11.7. The SMILES string of the molecule is COc1cc(/C=N\NC(=O)C(=O)NC2CC2)cc(I)c1OCC(=O)Nc1cccc(Cl)c1C. The smallest absolute Gasteiger partial charge is 0.329 e. The summed E-state index contributed by atoms with van der Waals surface area (Å²) in [7, 11) is 1.47. The van der Waals surface area contributed by atoms with E-state index in [1.807, 2.05) is 29.5 Å². The van der Waals surface area contributed by atoms with Crippen LogP contribution in [0.5, 0.6) is 11.5 Å². The summed E-state index contributed by atoms with van der Waals surface area (Å²) >= 11 is 8.13. The molecule has 3 amide bonds. The van der Waals surface area contributed by atoms with Crippen LogP contribution in [-0.4, -0.2) is 43.7 Å². The number of nitrogens with zero attached hydrogens (tertiary/aromatic N) is 1. The molecule has 0 spiro atoms. The molecule has 1 fully saturated rings. The minimum atomic E-state index is -0.833. The van der Waals surface area contributed by atoms with Crippen LogP contribution in [-0.2, 0) is 14.4 Å². The lowest BCUT2D eigenvalue weighted by atomic mass is 10.2. The Balaban J connectivity index is 1.60. The Morgan fingerprint density at radius 1 is 1.24 bits per heavy atom. The van der Waals surface area contributed by atoms with Gasteiger partial charge in [0.05, 0.1) is 16.9 Å². The maximum atomic E-state index is 12.3. The maximum Gasteiger partial charge on any atom is 0.329 e. The molecule has 2 aromatic carbocycles. The highest BCUT2D eigenvalue weighted by atomic mass is 127. The highest BCUT2D eigenvalue weighted by Crippen LogP contribution is 2.33. The molecule has 174 valence electrons. The minimum absolute atomic E-state index is 0.0854. The predicted octanol–water partition coefficient (Wildman–Crippen LogP) is 3.01. The van der Waals surface area contributed by atoms with Crippen molar-refractivity contribution in [3.05, 3.63) is 50.1 Å². The molecule has 0 radical (unpaired) electrons. The van der Waals surface area contributed by atoms with Gasteiger partial charge in [-0.25, -0.2) is 5.43 Å². The van der Waals surface area contributed by atoms with Gasteiger partial charge < -0.3 is 20.1 Å². The van der Waals surface area contributed by atoms with Gasteiger partial charge in [0.2, 0.25) is 0 Å². The molecule has 0 heterocycles. The molecule has 0 aromatic heterocycles. The number of halogens is 2. The van der Waals surface area contributed by atoms with E-state index in [2.05, 4.69) is 21.2 Å². The van der Waals surface area contributed by atoms with Gasteiger partial charge in [-0.1, -0.05) is 17.7 Å². The summed E-state index contributed by atoms with van der Waals surface area (Å²) in [4.78, 5) is 35.7. The second-order valence-corrected chi connectivity index (χ2v) is 8.80. The fourth-order valence-electron chi connectivity index (χ4n) is 2.72. The van der Waals surface area contributed by atoms with Crippen molar-refractivity contribution in [1.82, 2.24) is 10.7 Å². The second-order valence-electron chi connectivity index (χ2n) is 7.23. The zero-order valence-electron chi connectivity index (χ0n) is 17.9. The lowest BCUT2D eigenvalue weighted by molar-refractivity contribution is -0.139. The summed E-state index contributed by atoms with van der Waals surface area (Å²) in [6, 6.07) is 8.71. The van der Waals surface area contributed by atoms with Crippen molar-refractivity contribution in [3.8, 4) is 11.5 Å². The number of hydrazone groups is 1. The Labute approximate surface area is 209 Å². The van der Waals surface area contributed by atoms with Gasteiger partial charge in [-0.15, -0.1) is 0 Å². The third kappa shape index (κ3) is 7.06. The molecule has 3 N–H and O–H groups in total. The number of amides is 3. The number of nitrogens with one attached hydrogen (secondary N) is 3. The highest BCUT2D eigenvalue weighted by molar-refractivity contribution is 14.1. The molecule has 0 aliphatic heterocycles. The number of hydrogen-bond donors (Lipinski definition) is 3. The summed E-state index contributed by atoms with van der Waals surface area (Å²) in [6.45, 7) is 1.57. The Morgan fingerprint density at radius 2 is 2.00 bits per heavy atom. The fourth-order valence-corrected chi connectivity index (χ4v) is 3.67. The molecule has 1 saturated carbocycles. The molecular formula is C22H22ClIN4O5. The molecule has 3 rings (SSSR count). The number of rotatable bonds is 8. The summed E-state index contributed by atoms with van der Waals surface area (Å²) in [6.07, 6.45) is 3.15. The van der Waals surface area contributed by atoms with Crippen molar-refractivity contribution in [2.45, 2.75) is 25.8 Å². The van der Waals surface area contributed by atoms with Gasteiger partial charge in [0.15, 0.2) is 18.1 Å². The Morgan fingerprint density at radius 3 is 2.70 bits per heavy atom. The van der Waals surface area contributed by atoms with Crippen LogP contribution in [0.25, 0.3) is 0 Å². The lowest BCUT2D eigenvalue weighted by Crippen LogP contribution is -2.38. The van der Waals surface area contributed by atoms with Crippen LogP contribution in [0.1, 0.15) is 24.0 Å². The third-order valence-corrected chi connectivity index (χ3v) is 5.85. The van der Waals surface area contributed by atoms with Gasteiger partial charge in [0.1, 0.15) is 0 Å². The van der Waals surface area contributed by atoms with Gasteiger partial charge >= 0.3 is 11.8 Å². The fraction of sp³-hybridized carbons (Fsp3) is 0.273. The lowest BCUT2D eigenvalue weighted by Gasteiger charge is -2.14. The molecule has 1 aliphatic rings. The summed E-state index contributed by atoms with van der Waals surface area (Å²) in [5.41, 5.74) is 4.16. The van der Waals surface area contributed by atoms with Crippen LogP contribution in [0.15, 0.2) is 35.4 Å². The average molecular weight is 585 g/mol. The highest BCUT2D eigenvalue weighted by Gasteiger charge is 2.26. The standard InChI is InChI=1S/C22H22ClIN4O5/c1-12-15(23)4-3-5-17(12)27-19(29)11-33-20-16(24)8-13(9-18(20)32-2)10-25-28-22(31)21(30)26-14-6-7-14/h3-5,8-10,14H,6-7,11H2,1-2H3,(H,26,30)(H,27,29)(H,28,31)/b25-10-. The Bertz CT molecular complexity index is 1100. The summed E-state index contributed by atoms with van der Waals surface area (Å²) in [5, 5.41) is 9.72. The molecule has 0 atom stereocenters. The molecule has 33 heavy (non-hydrogen) atoms. The van der Waals surface area contributed by atoms with E-state index in [-0.39, 0.29) is 18.6 Å². The number of methoxy groups -OCH3 is 1. The first kappa shape index (κ1) is 24.8. The van der Waals surface area contributed by atoms with Gasteiger partial charge in [-0.05, 0) is 77.7 Å². The quantitative estimate of drug-likeness (QED) is 0.191. The van der Waals surface area contributed by atoms with E-state index in [1.165, 1.54) is 13.3 Å². The van der Waals surface area contributed by atoms with Crippen LogP contribution in [0.3, 0.4) is 0 Å². The molecule has 2 aromatic rings. The van der Waals surface area contributed by atoms with Gasteiger partial charge in [0, 0.05) is 16.8 Å². The van der Waals surface area contributed by atoms with Crippen LogP contribution < -0.4 is 25.5 Å². The van der Waals surface area contributed by atoms with Crippen LogP contribution in [0.2, 0.25) is 5.02 Å². The summed E-state index contributed by atoms with van der Waals surface area (Å²) in [5.74, 6) is -1.12. The zero-order chi connectivity index (χ0) is 24.0. The number of benzene rings is 2. The molecule has 0 saturated heterocycles. The van der Waals surface area contributed by atoms with E-state index < -0.39 is 11.8 Å². The monoisotopic (exact) mass is 584 g/mol. The Kier molecular flexibility index (Phi) is 8.50.